The second-order valence-electron chi connectivity index (χ2n) is 3.45. The molecule has 0 aliphatic carbocycles. The van der Waals surface area contributed by atoms with Crippen LogP contribution in [0.1, 0.15) is 18.6 Å². The Balaban J connectivity index is 2.47. The van der Waals surface area contributed by atoms with Gasteiger partial charge in [0.1, 0.15) is 5.75 Å². The summed E-state index contributed by atoms with van der Waals surface area (Å²) in [4.78, 5) is 21.4. The highest BCUT2D eigenvalue weighted by Gasteiger charge is 2.05. The Morgan fingerprint density at radius 1 is 1.41 bits per heavy atom. The second kappa shape index (κ2) is 5.86. The quantitative estimate of drug-likeness (QED) is 0.702. The maximum Gasteiger partial charge on any atom is 0.318 e. The molecule has 1 atom stereocenters. The van der Waals surface area contributed by atoms with Crippen molar-refractivity contribution in [1.82, 2.24) is 5.32 Å². The van der Waals surface area contributed by atoms with Crippen LogP contribution in [0.3, 0.4) is 0 Å². The molecular weight excluding hydrogens is 224 g/mol. The van der Waals surface area contributed by atoms with E-state index in [9.17, 15) is 14.7 Å². The average Bonchev–Trinajstić information content (AvgIpc) is 2.26. The molecule has 0 bridgehead atoms. The number of imide groups is 1. The Morgan fingerprint density at radius 2 is 2.00 bits per heavy atom. The van der Waals surface area contributed by atoms with Gasteiger partial charge in [-0.05, 0) is 24.6 Å². The fourth-order valence-corrected chi connectivity index (χ4v) is 1.16. The number of hydrogen-bond donors (Lipinski definition) is 3. The molecular formula is C11H14N2O4. The SMILES string of the molecule is C[C@H](O)c1ccc(OCC(=O)NC(N)=O)cc1. The number of hydrogen-bond acceptors (Lipinski definition) is 4. The number of aliphatic hydroxyl groups is 1. The van der Waals surface area contributed by atoms with E-state index in [1.54, 1.807) is 31.2 Å². The van der Waals surface area contributed by atoms with Crippen LogP contribution in [0.2, 0.25) is 0 Å². The van der Waals surface area contributed by atoms with E-state index < -0.39 is 18.0 Å². The van der Waals surface area contributed by atoms with E-state index in [0.717, 1.165) is 5.56 Å². The summed E-state index contributed by atoms with van der Waals surface area (Å²) in [7, 11) is 0. The molecule has 0 heterocycles. The minimum Gasteiger partial charge on any atom is -0.484 e. The predicted octanol–water partition coefficient (Wildman–Crippen LogP) is 0.314. The van der Waals surface area contributed by atoms with Crippen molar-refractivity contribution in [2.45, 2.75) is 13.0 Å². The van der Waals surface area contributed by atoms with Crippen molar-refractivity contribution >= 4 is 11.9 Å². The van der Waals surface area contributed by atoms with Crippen LogP contribution in [0.4, 0.5) is 4.79 Å². The van der Waals surface area contributed by atoms with E-state index in [2.05, 4.69) is 0 Å². The monoisotopic (exact) mass is 238 g/mol. The summed E-state index contributed by atoms with van der Waals surface area (Å²) < 4.78 is 5.10. The number of primary amides is 1. The van der Waals surface area contributed by atoms with Crippen molar-refractivity contribution in [2.24, 2.45) is 5.73 Å². The number of benzene rings is 1. The third kappa shape index (κ3) is 4.52. The van der Waals surface area contributed by atoms with E-state index in [0.29, 0.717) is 5.75 Å². The van der Waals surface area contributed by atoms with Gasteiger partial charge in [0, 0.05) is 0 Å². The number of nitrogens with two attached hydrogens (primary N) is 1. The number of nitrogens with one attached hydrogen (secondary N) is 1. The molecule has 0 fully saturated rings. The number of carbonyl (C=O) groups excluding carboxylic acids is 2. The standard InChI is InChI=1S/C11H14N2O4/c1-7(14)8-2-4-9(5-3-8)17-6-10(15)13-11(12)16/h2-5,7,14H,6H2,1H3,(H3,12,13,15,16)/t7-/m0/s1. The lowest BCUT2D eigenvalue weighted by molar-refractivity contribution is -0.121. The molecule has 0 unspecified atom stereocenters. The molecule has 4 N–H and O–H groups in total. The van der Waals surface area contributed by atoms with Crippen LogP contribution >= 0.6 is 0 Å². The minimum atomic E-state index is -0.914. The molecule has 6 heteroatoms. The highest BCUT2D eigenvalue weighted by Crippen LogP contribution is 2.16. The van der Waals surface area contributed by atoms with Crippen LogP contribution in [0.5, 0.6) is 5.75 Å². The summed E-state index contributed by atoms with van der Waals surface area (Å²) in [6, 6.07) is 5.71. The Morgan fingerprint density at radius 3 is 2.47 bits per heavy atom. The van der Waals surface area contributed by atoms with Crippen molar-refractivity contribution in [2.75, 3.05) is 6.61 Å². The molecule has 0 aromatic heterocycles. The number of ether oxygens (including phenoxy) is 1. The van der Waals surface area contributed by atoms with Gasteiger partial charge in [-0.1, -0.05) is 12.1 Å². The first kappa shape index (κ1) is 13.0. The molecule has 0 aliphatic rings. The van der Waals surface area contributed by atoms with Crippen molar-refractivity contribution in [3.05, 3.63) is 29.8 Å². The largest absolute Gasteiger partial charge is 0.484 e. The summed E-state index contributed by atoms with van der Waals surface area (Å²) in [5, 5.41) is 11.2. The molecule has 0 aliphatic heterocycles. The molecule has 17 heavy (non-hydrogen) atoms. The van der Waals surface area contributed by atoms with E-state index >= 15 is 0 Å². The van der Waals surface area contributed by atoms with Crippen LogP contribution in [-0.4, -0.2) is 23.7 Å². The third-order valence-corrected chi connectivity index (χ3v) is 2.00. The van der Waals surface area contributed by atoms with Crippen LogP contribution < -0.4 is 15.8 Å². The first-order valence-electron chi connectivity index (χ1n) is 4.99. The van der Waals surface area contributed by atoms with Crippen molar-refractivity contribution in [3.8, 4) is 5.75 Å². The number of carbonyl (C=O) groups is 2. The Hall–Kier alpha value is -2.08. The van der Waals surface area contributed by atoms with Gasteiger partial charge in [-0.25, -0.2) is 4.79 Å². The minimum absolute atomic E-state index is 0.295. The predicted molar refractivity (Wildman–Crippen MR) is 60.3 cm³/mol. The van der Waals surface area contributed by atoms with Crippen molar-refractivity contribution in [3.63, 3.8) is 0 Å². The Labute approximate surface area is 98.4 Å². The lowest BCUT2D eigenvalue weighted by atomic mass is 10.1. The highest BCUT2D eigenvalue weighted by molar-refractivity contribution is 5.94. The summed E-state index contributed by atoms with van der Waals surface area (Å²) in [5.41, 5.74) is 5.51. The zero-order chi connectivity index (χ0) is 12.8. The summed E-state index contributed by atoms with van der Waals surface area (Å²) in [6.45, 7) is 1.35. The fraction of sp³-hybridized carbons (Fsp3) is 0.273. The smallest absolute Gasteiger partial charge is 0.318 e. The average molecular weight is 238 g/mol. The number of aliphatic hydroxyl groups excluding tert-OH is 1. The molecule has 0 radical (unpaired) electrons. The molecule has 1 aromatic carbocycles. The molecule has 92 valence electrons. The Kier molecular flexibility index (Phi) is 4.47. The molecule has 3 amide bonds. The zero-order valence-electron chi connectivity index (χ0n) is 9.34. The van der Waals surface area contributed by atoms with E-state index in [4.69, 9.17) is 10.5 Å². The first-order chi connectivity index (χ1) is 7.99. The van der Waals surface area contributed by atoms with Gasteiger partial charge < -0.3 is 15.6 Å². The van der Waals surface area contributed by atoms with Crippen molar-refractivity contribution in [1.29, 1.82) is 0 Å². The van der Waals surface area contributed by atoms with Gasteiger partial charge in [0.25, 0.3) is 5.91 Å². The maximum absolute atomic E-state index is 11.0. The Bertz CT molecular complexity index is 400. The van der Waals surface area contributed by atoms with Gasteiger partial charge in [0.05, 0.1) is 6.10 Å². The maximum atomic E-state index is 11.0. The molecule has 0 saturated carbocycles. The lowest BCUT2D eigenvalue weighted by Crippen LogP contribution is -2.38. The van der Waals surface area contributed by atoms with Gasteiger partial charge in [0.15, 0.2) is 6.61 Å². The third-order valence-electron chi connectivity index (χ3n) is 2.00. The zero-order valence-corrected chi connectivity index (χ0v) is 9.34. The van der Waals surface area contributed by atoms with Gasteiger partial charge >= 0.3 is 6.03 Å². The second-order valence-corrected chi connectivity index (χ2v) is 3.45. The van der Waals surface area contributed by atoms with Gasteiger partial charge in [0.2, 0.25) is 0 Å². The summed E-state index contributed by atoms with van der Waals surface area (Å²) >= 11 is 0. The summed E-state index contributed by atoms with van der Waals surface area (Å²) in [6.07, 6.45) is -0.554. The van der Waals surface area contributed by atoms with Crippen LogP contribution in [0.25, 0.3) is 0 Å². The molecule has 1 rings (SSSR count). The number of urea groups is 1. The fourth-order valence-electron chi connectivity index (χ4n) is 1.16. The van der Waals surface area contributed by atoms with Gasteiger partial charge in [-0.3, -0.25) is 10.1 Å². The molecule has 0 spiro atoms. The number of amides is 3. The lowest BCUT2D eigenvalue weighted by Gasteiger charge is -2.07. The van der Waals surface area contributed by atoms with Crippen LogP contribution in [0, 0.1) is 0 Å². The van der Waals surface area contributed by atoms with Gasteiger partial charge in [-0.15, -0.1) is 0 Å². The highest BCUT2D eigenvalue weighted by atomic mass is 16.5. The molecule has 6 nitrogen and oxygen atoms in total. The first-order valence-corrected chi connectivity index (χ1v) is 4.99. The van der Waals surface area contributed by atoms with E-state index in [-0.39, 0.29) is 6.61 Å². The molecule has 1 aromatic rings. The normalized spacial score (nSPS) is 11.6. The molecule has 0 saturated heterocycles. The summed E-state index contributed by atoms with van der Waals surface area (Å²) in [5.74, 6) is -0.147. The van der Waals surface area contributed by atoms with Crippen LogP contribution in [0.15, 0.2) is 24.3 Å². The van der Waals surface area contributed by atoms with E-state index in [1.165, 1.54) is 0 Å². The van der Waals surface area contributed by atoms with Crippen molar-refractivity contribution < 1.29 is 19.4 Å². The van der Waals surface area contributed by atoms with Gasteiger partial charge in [-0.2, -0.15) is 0 Å². The van der Waals surface area contributed by atoms with E-state index in [1.807, 2.05) is 5.32 Å². The number of rotatable bonds is 4. The van der Waals surface area contributed by atoms with Crippen LogP contribution in [-0.2, 0) is 4.79 Å². The topological polar surface area (TPSA) is 102 Å².